The van der Waals surface area contributed by atoms with Crippen molar-refractivity contribution in [1.82, 2.24) is 38.8 Å². The van der Waals surface area contributed by atoms with Gasteiger partial charge in [-0.25, -0.2) is 23.7 Å². The summed E-state index contributed by atoms with van der Waals surface area (Å²) in [6, 6.07) is 0.867. The van der Waals surface area contributed by atoms with Crippen molar-refractivity contribution in [1.29, 1.82) is 0 Å². The minimum atomic E-state index is -4.96. The topological polar surface area (TPSA) is 299 Å². The number of anilines is 2. The average Bonchev–Trinajstić information content (AvgIpc) is 3.83. The zero-order valence-electron chi connectivity index (χ0n) is 27.2. The number of aliphatic hydroxyl groups is 1. The van der Waals surface area contributed by atoms with E-state index in [1.54, 1.807) is 30.7 Å². The van der Waals surface area contributed by atoms with Crippen LogP contribution in [0.3, 0.4) is 0 Å². The Morgan fingerprint density at radius 3 is 2.75 bits per heavy atom. The molecule has 4 aromatic heterocycles. The highest BCUT2D eigenvalue weighted by molar-refractivity contribution is 7.84. The second kappa shape index (κ2) is 13.3. The first-order valence-corrected chi connectivity index (χ1v) is 18.6. The van der Waals surface area contributed by atoms with Crippen molar-refractivity contribution in [2.24, 2.45) is 11.8 Å². The number of phosphoric acid groups is 1. The highest BCUT2D eigenvalue weighted by atomic mass is 32.2. The molecule has 7 rings (SSSR count). The van der Waals surface area contributed by atoms with E-state index in [9.17, 15) is 32.6 Å². The van der Waals surface area contributed by atoms with Gasteiger partial charge in [0, 0.05) is 31.7 Å². The number of nitrogens with zero attached hydrogens (tertiary/aromatic N) is 6. The lowest BCUT2D eigenvalue weighted by Crippen LogP contribution is -2.42. The van der Waals surface area contributed by atoms with Crippen LogP contribution in [0.2, 0.25) is 0 Å². The van der Waals surface area contributed by atoms with Crippen LogP contribution in [0.25, 0.3) is 22.2 Å². The summed E-state index contributed by atoms with van der Waals surface area (Å²) in [5.74, 6) is -1.74. The molecule has 1 amide bonds. The molecular weight excluding hydrogens is 719 g/mol. The van der Waals surface area contributed by atoms with E-state index in [0.29, 0.717) is 11.0 Å². The lowest BCUT2D eigenvalue weighted by Gasteiger charge is -2.26. The van der Waals surface area contributed by atoms with Gasteiger partial charge in [0.2, 0.25) is 11.9 Å². The number of rotatable bonds is 5. The fourth-order valence-electron chi connectivity index (χ4n) is 6.59. The molecule has 276 valence electrons. The van der Waals surface area contributed by atoms with Gasteiger partial charge in [-0.15, -0.1) is 0 Å². The summed E-state index contributed by atoms with van der Waals surface area (Å²) in [6.07, 6.45) is -4.11. The number of nitrogens with two attached hydrogens (primary N) is 1. The van der Waals surface area contributed by atoms with E-state index in [2.05, 4.69) is 35.0 Å². The molecule has 22 nitrogen and oxygen atoms in total. The quantitative estimate of drug-likeness (QED) is 0.137. The summed E-state index contributed by atoms with van der Waals surface area (Å²) in [5.41, 5.74) is 5.38. The first kappa shape index (κ1) is 35.5. The van der Waals surface area contributed by atoms with Crippen LogP contribution in [-0.2, 0) is 42.4 Å². The molecule has 0 aromatic carbocycles. The van der Waals surface area contributed by atoms with Crippen molar-refractivity contribution in [2.75, 3.05) is 31.3 Å². The molecule has 6 heterocycles. The molecule has 9 atom stereocenters. The van der Waals surface area contributed by atoms with Gasteiger partial charge in [0.25, 0.3) is 5.56 Å². The van der Waals surface area contributed by atoms with Crippen LogP contribution >= 0.6 is 7.82 Å². The molecule has 3 fully saturated rings. The Balaban J connectivity index is 1.21. The highest BCUT2D eigenvalue weighted by Crippen LogP contribution is 2.51. The predicted octanol–water partition coefficient (Wildman–Crippen LogP) is -0.689. The summed E-state index contributed by atoms with van der Waals surface area (Å²) < 4.78 is 73.8. The number of nitrogens with one attached hydrogen (secondary N) is 3. The van der Waals surface area contributed by atoms with Crippen LogP contribution in [0, 0.1) is 11.8 Å². The molecule has 51 heavy (non-hydrogen) atoms. The van der Waals surface area contributed by atoms with Gasteiger partial charge in [-0.05, 0) is 12.5 Å². The van der Waals surface area contributed by atoms with Gasteiger partial charge in [-0.3, -0.25) is 33.5 Å². The Morgan fingerprint density at radius 1 is 1.22 bits per heavy atom. The van der Waals surface area contributed by atoms with Crippen molar-refractivity contribution in [3.63, 3.8) is 0 Å². The van der Waals surface area contributed by atoms with Gasteiger partial charge in [-0.2, -0.15) is 18.1 Å². The number of aromatic nitrogens is 7. The van der Waals surface area contributed by atoms with Gasteiger partial charge in [0.05, 0.1) is 24.4 Å². The molecule has 2 aliphatic heterocycles. The lowest BCUT2D eigenvalue weighted by molar-refractivity contribution is -0.118. The first-order valence-electron chi connectivity index (χ1n) is 15.7. The van der Waals surface area contributed by atoms with Crippen LogP contribution in [0.1, 0.15) is 32.5 Å². The van der Waals surface area contributed by atoms with E-state index >= 15 is 0 Å². The maximum absolute atomic E-state index is 13.6. The van der Waals surface area contributed by atoms with Gasteiger partial charge in [-0.1, -0.05) is 13.8 Å². The number of fused-ring (bicyclic) bond motifs is 5. The van der Waals surface area contributed by atoms with Crippen LogP contribution in [-0.4, -0.2) is 109 Å². The second-order valence-corrected chi connectivity index (χ2v) is 15.4. The first-order chi connectivity index (χ1) is 24.2. The van der Waals surface area contributed by atoms with E-state index in [0.717, 1.165) is 6.33 Å². The summed E-state index contributed by atoms with van der Waals surface area (Å²) in [7, 11) is -8.38. The summed E-state index contributed by atoms with van der Waals surface area (Å²) in [6.45, 7) is 2.22. The van der Waals surface area contributed by atoms with Crippen LogP contribution in [0.5, 0.6) is 0 Å². The fraction of sp³-hybridized carbons (Fsp3) is 0.556. The molecule has 1 aliphatic carbocycles. The Kier molecular flexibility index (Phi) is 9.23. The monoisotopic (exact) mass is 754 g/mol. The maximum Gasteiger partial charge on any atom is 0.472 e. The summed E-state index contributed by atoms with van der Waals surface area (Å²) in [5, 5.41) is 14.4. The molecule has 4 aromatic rings. The minimum Gasteiger partial charge on any atom is -0.388 e. The number of carbonyl (C=O) groups is 1. The third-order valence-electron chi connectivity index (χ3n) is 9.08. The maximum atomic E-state index is 13.6. The number of aromatic amines is 1. The predicted molar refractivity (Wildman–Crippen MR) is 174 cm³/mol. The van der Waals surface area contributed by atoms with Gasteiger partial charge >= 0.3 is 18.1 Å². The molecule has 2 saturated heterocycles. The largest absolute Gasteiger partial charge is 0.472 e. The van der Waals surface area contributed by atoms with Crippen molar-refractivity contribution >= 4 is 58.0 Å². The number of hydrogen-bond acceptors (Lipinski definition) is 16. The third kappa shape index (κ3) is 6.65. The van der Waals surface area contributed by atoms with Crippen molar-refractivity contribution in [3.05, 3.63) is 35.3 Å². The Hall–Kier alpha value is -3.90. The Bertz CT molecular complexity index is 2190. The molecule has 0 spiro atoms. The van der Waals surface area contributed by atoms with Crippen molar-refractivity contribution in [2.45, 2.75) is 63.1 Å². The zero-order valence-corrected chi connectivity index (χ0v) is 28.9. The number of H-pyrrole nitrogens is 1. The number of aliphatic hydroxyl groups excluding tert-OH is 1. The van der Waals surface area contributed by atoms with Crippen LogP contribution < -0.4 is 21.3 Å². The third-order valence-corrected chi connectivity index (χ3v) is 11.1. The summed E-state index contributed by atoms with van der Waals surface area (Å²) in [4.78, 5) is 55.1. The second-order valence-electron chi connectivity index (χ2n) is 12.6. The van der Waals surface area contributed by atoms with E-state index in [-0.39, 0.29) is 29.4 Å². The van der Waals surface area contributed by atoms with Crippen molar-refractivity contribution < 1.29 is 50.5 Å². The number of phosphoric ester groups is 1. The van der Waals surface area contributed by atoms with Gasteiger partial charge in [0.15, 0.2) is 23.5 Å². The highest BCUT2D eigenvalue weighted by Gasteiger charge is 2.53. The van der Waals surface area contributed by atoms with Gasteiger partial charge in [0.1, 0.15) is 42.2 Å². The number of carbonyl (C=O) groups excluding carboxylic acids is 1. The molecule has 2 bridgehead atoms. The SMILES string of the molecule is CO[C@H]1[C@H]2OS(=O)(=O)NC[C@H]3C[C@@H](n4ccc5c(N)ncnc54)[C@H](O)[C@@H]3OP(=O)(O)OC[C@H]1O[C@H]2n1cnc2c(=O)[nH]c(NC(=O)C(C)C)nc21. The smallest absolute Gasteiger partial charge is 0.388 e. The molecular formula is C27H35N10O12PS. The van der Waals surface area contributed by atoms with Crippen molar-refractivity contribution in [3.8, 4) is 0 Å². The molecule has 0 radical (unpaired) electrons. The Labute approximate surface area is 288 Å². The average molecular weight is 755 g/mol. The number of methoxy groups -OCH3 is 1. The minimum absolute atomic E-state index is 0.0669. The Morgan fingerprint density at radius 2 is 2.00 bits per heavy atom. The molecule has 24 heteroatoms. The van der Waals surface area contributed by atoms with Crippen LogP contribution in [0.15, 0.2) is 29.7 Å². The van der Waals surface area contributed by atoms with Crippen LogP contribution in [0.4, 0.5) is 11.8 Å². The van der Waals surface area contributed by atoms with E-state index in [1.165, 1.54) is 18.0 Å². The number of amides is 1. The van der Waals surface area contributed by atoms with Gasteiger partial charge < -0.3 is 29.8 Å². The lowest BCUT2D eigenvalue weighted by atomic mass is 10.1. The van der Waals surface area contributed by atoms with E-state index in [1.807, 2.05) is 0 Å². The molecule has 3 aliphatic rings. The van der Waals surface area contributed by atoms with E-state index in [4.69, 9.17) is 28.4 Å². The number of ether oxygens (including phenoxy) is 2. The zero-order chi connectivity index (χ0) is 36.4. The number of nitrogen functional groups attached to an aromatic ring is 1. The number of hydrogen-bond donors (Lipinski definition) is 6. The standard InChI is InChI=1S/C27H35N10O12PS/c1-11(2)24(39)34-27-33-23-16(25(40)35-27)31-10-37(23)26-20-19(45-3)15(47-26)8-46-50(41,42)48-18-12(7-32-51(43,44)49-20)6-14(17(18)38)36-5-4-13-21(28)29-9-30-22(13)36/h4-5,9-12,14-15,17-20,26,32,38H,6-8H2,1-3H3,(H,41,42)(H2,28,29,30)(H2,33,34,35,39,40)/t12-,14-,15-,17+,18-,19-,20-,26-/m1/s1. The fourth-order valence-corrected chi connectivity index (χ4v) is 8.58. The number of imidazole rings is 1. The molecule has 7 N–H and O–H groups in total. The summed E-state index contributed by atoms with van der Waals surface area (Å²) >= 11 is 0. The molecule has 1 saturated carbocycles. The molecule has 1 unspecified atom stereocenters. The normalized spacial score (nSPS) is 32.7. The van der Waals surface area contributed by atoms with E-state index < -0.39 is 97.4 Å².